The van der Waals surface area contributed by atoms with E-state index in [1.807, 2.05) is 30.3 Å². The minimum Gasteiger partial charge on any atom is -0.483 e. The number of hydrogen-bond donors (Lipinski definition) is 0. The van der Waals surface area contributed by atoms with E-state index in [1.165, 1.54) is 32.7 Å². The van der Waals surface area contributed by atoms with Gasteiger partial charge in [-0.3, -0.25) is 0 Å². The maximum Gasteiger partial charge on any atom is 0.166 e. The molecule has 0 saturated heterocycles. The molecule has 4 heterocycles. The van der Waals surface area contributed by atoms with Crippen molar-refractivity contribution in [1.29, 1.82) is 0 Å². The van der Waals surface area contributed by atoms with Crippen LogP contribution in [0.5, 0.6) is 5.75 Å². The van der Waals surface area contributed by atoms with Crippen LogP contribution in [0, 0.1) is 0 Å². The molecule has 6 heteroatoms. The summed E-state index contributed by atoms with van der Waals surface area (Å²) in [5, 5.41) is 9.09. The monoisotopic (exact) mass is 882 g/mol. The minimum absolute atomic E-state index is 0.0929. The van der Waals surface area contributed by atoms with E-state index in [-0.39, 0.29) is 5.92 Å². The molecule has 6 nitrogen and oxygen atoms in total. The summed E-state index contributed by atoms with van der Waals surface area (Å²) in [4.78, 5) is 16.6. The lowest BCUT2D eigenvalue weighted by molar-refractivity contribution is 0.270. The largest absolute Gasteiger partial charge is 0.483 e. The van der Waals surface area contributed by atoms with Crippen LogP contribution in [0.25, 0.3) is 110 Å². The molecule has 1 aliphatic heterocycles. The molecule has 0 N–H and O–H groups in total. The molecule has 0 fully saturated rings. The van der Waals surface area contributed by atoms with Crippen molar-refractivity contribution >= 4 is 76.6 Å². The van der Waals surface area contributed by atoms with Crippen molar-refractivity contribution in [3.05, 3.63) is 241 Å². The highest BCUT2D eigenvalue weighted by Gasteiger charge is 2.46. The molecule has 13 aromatic rings. The smallest absolute Gasteiger partial charge is 0.166 e. The van der Waals surface area contributed by atoms with Gasteiger partial charge in [0.2, 0.25) is 0 Å². The maximum atomic E-state index is 7.34. The average molecular weight is 883 g/mol. The van der Waals surface area contributed by atoms with Gasteiger partial charge in [-0.05, 0) is 104 Å². The molecular weight excluding hydrogens is 845 g/mol. The Labute approximate surface area is 396 Å². The first-order valence-corrected chi connectivity index (χ1v) is 23.5. The number of benzene rings is 10. The van der Waals surface area contributed by atoms with Gasteiger partial charge in [0.15, 0.2) is 23.6 Å². The number of furan rings is 1. The van der Waals surface area contributed by atoms with Crippen LogP contribution in [0.4, 0.5) is 0 Å². The molecule has 10 aromatic carbocycles. The van der Waals surface area contributed by atoms with Crippen LogP contribution in [-0.4, -0.2) is 25.6 Å². The van der Waals surface area contributed by atoms with E-state index < -0.39 is 6.10 Å². The van der Waals surface area contributed by atoms with Crippen molar-refractivity contribution in [1.82, 2.24) is 19.5 Å². The summed E-state index contributed by atoms with van der Waals surface area (Å²) in [5.41, 5.74) is 13.1. The number of fused-ring (bicyclic) bond motifs is 13. The van der Waals surface area contributed by atoms with Gasteiger partial charge < -0.3 is 13.7 Å². The summed E-state index contributed by atoms with van der Waals surface area (Å²) >= 11 is 0. The van der Waals surface area contributed by atoms with E-state index in [4.69, 9.17) is 24.1 Å². The van der Waals surface area contributed by atoms with Gasteiger partial charge in [-0.1, -0.05) is 158 Å². The predicted molar refractivity (Wildman–Crippen MR) is 279 cm³/mol. The van der Waals surface area contributed by atoms with Gasteiger partial charge in [-0.25, -0.2) is 15.0 Å². The SMILES string of the molecule is c1ccc(-c2cccc(-c3nc(C4=C(n5c6cc7ccccc7cc6c6cc7ccccc7cc65)C5Oc6ccccc6C5c5ccccc54)nc(-c4ccc5oc6ccccc6c5c4)n3)c2)cc1. The fourth-order valence-electron chi connectivity index (χ4n) is 11.2. The van der Waals surface area contributed by atoms with E-state index in [1.54, 1.807) is 0 Å². The lowest BCUT2D eigenvalue weighted by Crippen LogP contribution is -2.30. The second kappa shape index (κ2) is 14.7. The molecule has 0 spiro atoms. The van der Waals surface area contributed by atoms with E-state index >= 15 is 0 Å². The molecule has 0 amide bonds. The highest BCUT2D eigenvalue weighted by molar-refractivity contribution is 6.19. The van der Waals surface area contributed by atoms with Gasteiger partial charge in [0.05, 0.1) is 28.2 Å². The molecule has 0 bridgehead atoms. The second-order valence-corrected chi connectivity index (χ2v) is 18.2. The summed E-state index contributed by atoms with van der Waals surface area (Å²) in [6.07, 6.45) is -0.428. The Morgan fingerprint density at radius 3 is 1.70 bits per heavy atom. The number of nitrogens with zero attached hydrogens (tertiary/aromatic N) is 4. The highest BCUT2D eigenvalue weighted by atomic mass is 16.5. The molecule has 1 aliphatic carbocycles. The van der Waals surface area contributed by atoms with Gasteiger partial charge in [-0.2, -0.15) is 0 Å². The zero-order valence-electron chi connectivity index (χ0n) is 37.0. The number of aromatic nitrogens is 4. The zero-order valence-corrected chi connectivity index (χ0v) is 37.0. The standard InChI is InChI=1S/C63H38N4O2/c1-2-15-37(16-3-1)38-21-14-22-43(31-38)61-64-62(44-29-30-56-51(34-44)45-23-10-12-27-54(45)68-56)66-63(65-61)58-47-25-9-8-24-46(47)57-48-26-11-13-28-55(48)69-60(57)59(58)67-52-35-41-19-6-4-17-39(41)32-49(52)50-33-40-18-5-7-20-42(40)36-53(50)67/h1-36,57,60H. The van der Waals surface area contributed by atoms with E-state index in [2.05, 4.69) is 193 Å². The van der Waals surface area contributed by atoms with Crippen molar-refractivity contribution in [2.24, 2.45) is 0 Å². The molecule has 0 radical (unpaired) electrons. The Hall–Kier alpha value is -9.13. The fraction of sp³-hybridized carbons (Fsp3) is 0.0317. The zero-order chi connectivity index (χ0) is 45.2. The van der Waals surface area contributed by atoms with Gasteiger partial charge in [0.25, 0.3) is 0 Å². The Kier molecular flexibility index (Phi) is 8.09. The molecule has 322 valence electrons. The molecular formula is C63H38N4O2. The molecule has 2 atom stereocenters. The molecule has 0 saturated carbocycles. The molecule has 2 unspecified atom stereocenters. The number of para-hydroxylation sites is 2. The summed E-state index contributed by atoms with van der Waals surface area (Å²) in [7, 11) is 0. The number of hydrogen-bond acceptors (Lipinski definition) is 5. The van der Waals surface area contributed by atoms with E-state index in [0.717, 1.165) is 88.6 Å². The molecule has 69 heavy (non-hydrogen) atoms. The predicted octanol–water partition coefficient (Wildman–Crippen LogP) is 15.5. The van der Waals surface area contributed by atoms with Gasteiger partial charge in [0, 0.05) is 38.2 Å². The summed E-state index contributed by atoms with van der Waals surface area (Å²) < 4.78 is 16.1. The minimum atomic E-state index is -0.428. The van der Waals surface area contributed by atoms with Gasteiger partial charge in [-0.15, -0.1) is 0 Å². The van der Waals surface area contributed by atoms with Crippen LogP contribution in [0.2, 0.25) is 0 Å². The van der Waals surface area contributed by atoms with Crippen molar-refractivity contribution in [2.45, 2.75) is 12.0 Å². The van der Waals surface area contributed by atoms with Crippen molar-refractivity contribution in [3.63, 3.8) is 0 Å². The number of ether oxygens (including phenoxy) is 1. The first kappa shape index (κ1) is 38.0. The highest BCUT2D eigenvalue weighted by Crippen LogP contribution is 2.55. The summed E-state index contributed by atoms with van der Waals surface area (Å²) in [5.74, 6) is 2.49. The first-order chi connectivity index (χ1) is 34.2. The van der Waals surface area contributed by atoms with E-state index in [0.29, 0.717) is 17.5 Å². The van der Waals surface area contributed by atoms with Crippen molar-refractivity contribution in [3.8, 4) is 39.7 Å². The number of rotatable bonds is 5. The lowest BCUT2D eigenvalue weighted by atomic mass is 9.76. The van der Waals surface area contributed by atoms with Crippen molar-refractivity contribution in [2.75, 3.05) is 0 Å². The van der Waals surface area contributed by atoms with Crippen LogP contribution in [0.15, 0.2) is 223 Å². The third kappa shape index (κ3) is 5.82. The van der Waals surface area contributed by atoms with Crippen LogP contribution >= 0.6 is 0 Å². The Balaban J connectivity index is 1.08. The Morgan fingerprint density at radius 1 is 0.377 bits per heavy atom. The second-order valence-electron chi connectivity index (χ2n) is 18.2. The first-order valence-electron chi connectivity index (χ1n) is 23.5. The van der Waals surface area contributed by atoms with Crippen LogP contribution < -0.4 is 4.74 Å². The molecule has 2 aliphatic rings. The van der Waals surface area contributed by atoms with Crippen molar-refractivity contribution < 1.29 is 9.15 Å². The van der Waals surface area contributed by atoms with Crippen LogP contribution in [0.3, 0.4) is 0 Å². The topological polar surface area (TPSA) is 66.0 Å². The quantitative estimate of drug-likeness (QED) is 0.172. The molecule has 3 aromatic heterocycles. The summed E-state index contributed by atoms with van der Waals surface area (Å²) in [6, 6.07) is 77.4. The van der Waals surface area contributed by atoms with E-state index in [9.17, 15) is 0 Å². The normalized spacial score (nSPS) is 15.3. The lowest BCUT2D eigenvalue weighted by Gasteiger charge is -2.33. The van der Waals surface area contributed by atoms with Gasteiger partial charge >= 0.3 is 0 Å². The Morgan fingerprint density at radius 2 is 0.942 bits per heavy atom. The van der Waals surface area contributed by atoms with Crippen LogP contribution in [0.1, 0.15) is 28.4 Å². The summed E-state index contributed by atoms with van der Waals surface area (Å²) in [6.45, 7) is 0. The third-order valence-electron chi connectivity index (χ3n) is 14.4. The Bertz CT molecular complexity index is 4220. The third-order valence-corrected chi connectivity index (χ3v) is 14.4. The van der Waals surface area contributed by atoms with Crippen LogP contribution in [-0.2, 0) is 0 Å². The maximum absolute atomic E-state index is 7.34. The average Bonchev–Trinajstić information content (AvgIpc) is 4.08. The van der Waals surface area contributed by atoms with Gasteiger partial charge in [0.1, 0.15) is 16.9 Å². The molecule has 15 rings (SSSR count). The fourth-order valence-corrected chi connectivity index (χ4v) is 11.2.